The van der Waals surface area contributed by atoms with Gasteiger partial charge < -0.3 is 15.2 Å². The fourth-order valence-electron chi connectivity index (χ4n) is 0.684. The molecule has 0 aliphatic carbocycles. The molecular weight excluding hydrogens is 198 g/mol. The quantitative estimate of drug-likeness (QED) is 0.544. The summed E-state index contributed by atoms with van der Waals surface area (Å²) in [5.41, 5.74) is 4.64. The lowest BCUT2D eigenvalue weighted by atomic mass is 9.98. The van der Waals surface area contributed by atoms with Gasteiger partial charge in [-0.2, -0.15) is 0 Å². The van der Waals surface area contributed by atoms with Gasteiger partial charge >= 0.3 is 11.9 Å². The van der Waals surface area contributed by atoms with E-state index in [0.29, 0.717) is 13.0 Å². The minimum atomic E-state index is -0.580. The van der Waals surface area contributed by atoms with Crippen LogP contribution in [0.25, 0.3) is 0 Å². The number of nitrogens with two attached hydrogens (primary N) is 1. The summed E-state index contributed by atoms with van der Waals surface area (Å²) >= 11 is 0. The van der Waals surface area contributed by atoms with Crippen molar-refractivity contribution in [1.82, 2.24) is 0 Å². The fourth-order valence-corrected chi connectivity index (χ4v) is 0.684. The van der Waals surface area contributed by atoms with Crippen molar-refractivity contribution in [2.45, 2.75) is 33.6 Å². The van der Waals surface area contributed by atoms with Gasteiger partial charge in [-0.25, -0.2) is 0 Å². The number of ether oxygens (including phenoxy) is 2. The second kappa shape index (κ2) is 6.40. The Morgan fingerprint density at radius 1 is 1.20 bits per heavy atom. The molecule has 0 aromatic heterocycles. The van der Waals surface area contributed by atoms with Crippen LogP contribution in [0.2, 0.25) is 0 Å². The van der Waals surface area contributed by atoms with Crippen molar-refractivity contribution >= 4 is 11.9 Å². The van der Waals surface area contributed by atoms with E-state index in [1.54, 1.807) is 20.8 Å². The zero-order valence-corrected chi connectivity index (χ0v) is 9.54. The van der Waals surface area contributed by atoms with Crippen molar-refractivity contribution < 1.29 is 19.1 Å². The zero-order valence-electron chi connectivity index (χ0n) is 9.54. The first kappa shape index (κ1) is 13.9. The lowest BCUT2D eigenvalue weighted by Crippen LogP contribution is -2.24. The van der Waals surface area contributed by atoms with Crippen LogP contribution in [-0.4, -0.2) is 25.3 Å². The molecule has 5 heteroatoms. The van der Waals surface area contributed by atoms with E-state index >= 15 is 0 Å². The van der Waals surface area contributed by atoms with E-state index in [-0.39, 0.29) is 13.2 Å². The highest BCUT2D eigenvalue weighted by Gasteiger charge is 2.23. The minimum Gasteiger partial charge on any atom is -0.428 e. The molecule has 0 aliphatic rings. The van der Waals surface area contributed by atoms with Crippen LogP contribution < -0.4 is 5.73 Å². The smallest absolute Gasteiger partial charge is 0.314 e. The summed E-state index contributed by atoms with van der Waals surface area (Å²) in [5, 5.41) is 0. The number of hydrogen-bond acceptors (Lipinski definition) is 5. The first-order valence-corrected chi connectivity index (χ1v) is 4.91. The van der Waals surface area contributed by atoms with E-state index in [0.717, 1.165) is 0 Å². The normalized spacial score (nSPS) is 10.9. The van der Waals surface area contributed by atoms with Crippen molar-refractivity contribution in [2.75, 3.05) is 13.3 Å². The van der Waals surface area contributed by atoms with Crippen LogP contribution in [0.3, 0.4) is 0 Å². The Kier molecular flexibility index (Phi) is 5.93. The molecule has 0 saturated carbocycles. The van der Waals surface area contributed by atoms with Crippen molar-refractivity contribution in [1.29, 1.82) is 0 Å². The minimum absolute atomic E-state index is 0.254. The van der Waals surface area contributed by atoms with E-state index in [2.05, 4.69) is 4.74 Å². The van der Waals surface area contributed by atoms with Gasteiger partial charge in [0.2, 0.25) is 6.79 Å². The van der Waals surface area contributed by atoms with Gasteiger partial charge in [-0.05, 0) is 33.7 Å². The molecular formula is C10H19NO4. The number of carbonyl (C=O) groups is 2. The Balaban J connectivity index is 3.62. The highest BCUT2D eigenvalue weighted by atomic mass is 16.7. The summed E-state index contributed by atoms with van der Waals surface area (Å²) in [6, 6.07) is 0. The Morgan fingerprint density at radius 3 is 2.27 bits per heavy atom. The second-order valence-corrected chi connectivity index (χ2v) is 4.21. The molecule has 2 N–H and O–H groups in total. The molecule has 0 amide bonds. The van der Waals surface area contributed by atoms with E-state index in [9.17, 15) is 9.59 Å². The van der Waals surface area contributed by atoms with Gasteiger partial charge in [-0.1, -0.05) is 0 Å². The molecule has 0 radical (unpaired) electrons. The van der Waals surface area contributed by atoms with Gasteiger partial charge in [0.25, 0.3) is 0 Å². The maximum atomic E-state index is 11.2. The maximum absolute atomic E-state index is 11.2. The second-order valence-electron chi connectivity index (χ2n) is 4.21. The summed E-state index contributed by atoms with van der Waals surface area (Å²) < 4.78 is 9.42. The lowest BCUT2D eigenvalue weighted by Gasteiger charge is -2.16. The standard InChI is InChI=1S/C10H19NO4/c1-10(2,3)9(13)15-7-14-8(12)5-4-6-11/h4-7,11H2,1-3H3. The summed E-state index contributed by atoms with van der Waals surface area (Å²) in [4.78, 5) is 22.2. The third-order valence-electron chi connectivity index (χ3n) is 1.61. The number of carbonyl (C=O) groups excluding carboxylic acids is 2. The van der Waals surface area contributed by atoms with Crippen molar-refractivity contribution in [3.05, 3.63) is 0 Å². The zero-order chi connectivity index (χ0) is 11.9. The van der Waals surface area contributed by atoms with Crippen molar-refractivity contribution in [2.24, 2.45) is 11.1 Å². The van der Waals surface area contributed by atoms with Crippen LogP contribution in [0, 0.1) is 5.41 Å². The predicted octanol–water partition coefficient (Wildman–Crippen LogP) is 0.815. The Hall–Kier alpha value is -1.10. The predicted molar refractivity (Wildman–Crippen MR) is 54.8 cm³/mol. The highest BCUT2D eigenvalue weighted by Crippen LogP contribution is 2.14. The molecule has 0 spiro atoms. The third kappa shape index (κ3) is 6.90. The molecule has 15 heavy (non-hydrogen) atoms. The van der Waals surface area contributed by atoms with Crippen LogP contribution in [0.5, 0.6) is 0 Å². The van der Waals surface area contributed by atoms with E-state index in [1.807, 2.05) is 0 Å². The highest BCUT2D eigenvalue weighted by molar-refractivity contribution is 5.75. The van der Waals surface area contributed by atoms with Crippen LogP contribution in [-0.2, 0) is 19.1 Å². The van der Waals surface area contributed by atoms with Crippen LogP contribution in [0.4, 0.5) is 0 Å². The Morgan fingerprint density at radius 2 is 1.80 bits per heavy atom. The first-order valence-electron chi connectivity index (χ1n) is 4.91. The number of esters is 2. The van der Waals surface area contributed by atoms with Crippen LogP contribution in [0.1, 0.15) is 33.6 Å². The first-order chi connectivity index (χ1) is 6.88. The molecule has 88 valence electrons. The van der Waals surface area contributed by atoms with Gasteiger partial charge in [0.05, 0.1) is 5.41 Å². The maximum Gasteiger partial charge on any atom is 0.314 e. The molecule has 0 aromatic carbocycles. The average molecular weight is 217 g/mol. The van der Waals surface area contributed by atoms with Crippen LogP contribution in [0.15, 0.2) is 0 Å². The molecule has 0 bridgehead atoms. The molecule has 0 aromatic rings. The summed E-state index contributed by atoms with van der Waals surface area (Å²) in [5.74, 6) is -0.795. The molecule has 0 fully saturated rings. The number of hydrogen-bond donors (Lipinski definition) is 1. The fraction of sp³-hybridized carbons (Fsp3) is 0.800. The van der Waals surface area contributed by atoms with E-state index < -0.39 is 17.4 Å². The van der Waals surface area contributed by atoms with E-state index in [1.165, 1.54) is 0 Å². The van der Waals surface area contributed by atoms with Gasteiger partial charge in [-0.15, -0.1) is 0 Å². The van der Waals surface area contributed by atoms with Gasteiger partial charge in [0.15, 0.2) is 0 Å². The van der Waals surface area contributed by atoms with Gasteiger partial charge in [-0.3, -0.25) is 9.59 Å². The lowest BCUT2D eigenvalue weighted by molar-refractivity contribution is -0.173. The molecule has 0 rings (SSSR count). The van der Waals surface area contributed by atoms with Gasteiger partial charge in [0.1, 0.15) is 0 Å². The Labute approximate surface area is 89.9 Å². The Bertz CT molecular complexity index is 220. The van der Waals surface area contributed by atoms with Crippen molar-refractivity contribution in [3.8, 4) is 0 Å². The van der Waals surface area contributed by atoms with E-state index in [4.69, 9.17) is 10.5 Å². The molecule has 0 atom stereocenters. The summed E-state index contributed by atoms with van der Waals surface area (Å²) in [6.45, 7) is 5.30. The number of rotatable bonds is 5. The average Bonchev–Trinajstić information content (AvgIpc) is 2.13. The monoisotopic (exact) mass is 217 g/mol. The molecule has 0 aliphatic heterocycles. The summed E-state index contributed by atoms with van der Waals surface area (Å²) in [7, 11) is 0. The molecule has 0 heterocycles. The van der Waals surface area contributed by atoms with Crippen LogP contribution >= 0.6 is 0 Å². The SMILES string of the molecule is CC(C)(C)C(=O)OCOC(=O)CCCN. The van der Waals surface area contributed by atoms with Crippen molar-refractivity contribution in [3.63, 3.8) is 0 Å². The van der Waals surface area contributed by atoms with Gasteiger partial charge in [0, 0.05) is 6.42 Å². The summed E-state index contributed by atoms with van der Waals surface area (Å²) in [6.07, 6.45) is 0.829. The topological polar surface area (TPSA) is 78.6 Å². The third-order valence-corrected chi connectivity index (χ3v) is 1.61. The molecule has 5 nitrogen and oxygen atoms in total. The largest absolute Gasteiger partial charge is 0.428 e. The molecule has 0 unspecified atom stereocenters. The molecule has 0 saturated heterocycles.